The van der Waals surface area contributed by atoms with E-state index in [4.69, 9.17) is 2.78 Å². The number of nitrogens with one attached hydrogen (secondary N) is 1. The lowest BCUT2D eigenvalue weighted by Gasteiger charge is -2.21. The Kier molecular flexibility index (Phi) is 7.06. The zero-order chi connectivity index (χ0) is 20.7. The molecule has 1 aromatic carbocycles. The smallest absolute Gasteiger partial charge is 0.261 e. The number of piperidine rings is 1. The fourth-order valence-electron chi connectivity index (χ4n) is 2.90. The molecule has 6 heteroatoms. The van der Waals surface area contributed by atoms with Crippen molar-refractivity contribution in [3.63, 3.8) is 0 Å². The third-order valence-electron chi connectivity index (χ3n) is 4.71. The first-order chi connectivity index (χ1) is 13.3. The van der Waals surface area contributed by atoms with Crippen molar-refractivity contribution in [2.45, 2.75) is 19.2 Å². The Morgan fingerprint density at radius 2 is 1.35 bits per heavy atom. The Morgan fingerprint density at radius 1 is 0.885 bits per heavy atom. The Balaban J connectivity index is 0.000000156. The van der Waals surface area contributed by atoms with E-state index >= 15 is 0 Å². The van der Waals surface area contributed by atoms with Gasteiger partial charge in [0, 0.05) is 34.6 Å². The Hall–Kier alpha value is -1.76. The van der Waals surface area contributed by atoms with Gasteiger partial charge in [-0.3, -0.25) is 14.5 Å². The molecule has 0 aliphatic carbocycles. The maximum absolute atomic E-state index is 11.3. The van der Waals surface area contributed by atoms with Crippen LogP contribution >= 0.6 is 0 Å². The first kappa shape index (κ1) is 17.6. The summed E-state index contributed by atoms with van der Waals surface area (Å²) < 4.78 is 14.5. The number of imide groups is 1. The van der Waals surface area contributed by atoms with Crippen LogP contribution in [0.2, 0.25) is 1.41 Å². The largest absolute Gasteiger partial charge is 0.314 e. The topological polar surface area (TPSA) is 55.9 Å². The van der Waals surface area contributed by atoms with Gasteiger partial charge >= 0.3 is 0 Å². The molecule has 6 nitrogen and oxygen atoms in total. The molecule has 26 heavy (non-hydrogen) atoms. The normalized spacial score (nSPS) is 23.3. The molecular formula is C20H32N4O2. The Bertz CT molecular complexity index is 582. The number of benzene rings is 1. The highest BCUT2D eigenvalue weighted by molar-refractivity contribution is 6.21. The van der Waals surface area contributed by atoms with E-state index in [9.17, 15) is 9.59 Å². The molecule has 144 valence electrons. The van der Waals surface area contributed by atoms with Crippen molar-refractivity contribution in [2.24, 2.45) is 0 Å². The zero-order valence-electron chi connectivity index (χ0n) is 18.1. The van der Waals surface area contributed by atoms with E-state index in [1.807, 2.05) is 0 Å². The lowest BCUT2D eigenvalue weighted by molar-refractivity contribution is 0.0693. The number of likely N-dealkylation sites (N-methyl/N-ethyl adjacent to an activating group) is 1. The number of nitrogens with zero attached hydrogens (tertiary/aromatic N) is 3. The highest BCUT2D eigenvalue weighted by atomic mass is 16.2. The molecule has 0 atom stereocenters. The summed E-state index contributed by atoms with van der Waals surface area (Å²) in [6.45, 7) is 6.13. The van der Waals surface area contributed by atoms with Crippen LogP contribution in [-0.4, -0.2) is 86.9 Å². The second kappa shape index (κ2) is 10.4. The summed E-state index contributed by atoms with van der Waals surface area (Å²) in [7, 11) is 5.70. The molecular weight excluding hydrogens is 328 g/mol. The van der Waals surface area contributed by atoms with Crippen LogP contribution < -0.4 is 5.31 Å². The molecule has 0 radical (unpaired) electrons. The highest BCUT2D eigenvalue weighted by Gasteiger charge is 2.31. The number of carbonyl (C=O) groups excluding carboxylic acids is 2. The van der Waals surface area contributed by atoms with E-state index < -0.39 is 0 Å². The quantitative estimate of drug-likeness (QED) is 0.708. The van der Waals surface area contributed by atoms with Crippen molar-refractivity contribution in [3.05, 3.63) is 35.4 Å². The molecule has 3 aliphatic rings. The second-order valence-corrected chi connectivity index (χ2v) is 6.86. The lowest BCUT2D eigenvalue weighted by atomic mass is 10.1. The molecule has 3 aliphatic heterocycles. The Labute approximate surface area is 160 Å². The number of rotatable bonds is 0. The molecule has 0 bridgehead atoms. The maximum Gasteiger partial charge on any atom is 0.261 e. The van der Waals surface area contributed by atoms with E-state index in [1.165, 1.54) is 7.05 Å². The van der Waals surface area contributed by atoms with Crippen molar-refractivity contribution in [2.75, 3.05) is 60.4 Å². The van der Waals surface area contributed by atoms with Crippen LogP contribution in [0, 0.1) is 0 Å². The fraction of sp³-hybridized carbons (Fsp3) is 0.600. The van der Waals surface area contributed by atoms with Crippen LogP contribution in [-0.2, 0) is 0 Å². The molecule has 2 amide bonds. The highest BCUT2D eigenvalue weighted by Crippen LogP contribution is 2.20. The standard InChI is InChI=1S/C9H7NO2.C6H13N.C5H12N2/c1-10-8(11)6-4-2-3-5-7(6)9(10)12;1-7-5-3-2-4-6-7;1-7-4-2-6-3-5-7/h2-5H,1H3;2-6H2,1H3;6H,2-5H2,1H3/i;2T;/hT. The summed E-state index contributed by atoms with van der Waals surface area (Å²) in [5.74, 6) is -0.425. The molecule has 0 spiro atoms. The second-order valence-electron chi connectivity index (χ2n) is 6.86. The molecule has 1 aromatic rings. The third-order valence-corrected chi connectivity index (χ3v) is 4.71. The lowest BCUT2D eigenvalue weighted by Crippen LogP contribution is -2.40. The van der Waals surface area contributed by atoms with Gasteiger partial charge in [-0.25, -0.2) is 0 Å². The minimum Gasteiger partial charge on any atom is -0.314 e. The van der Waals surface area contributed by atoms with Crippen LogP contribution in [0.15, 0.2) is 24.3 Å². The number of hydrogen-bond acceptors (Lipinski definition) is 5. The average molecular weight is 365 g/mol. The SMILES string of the molecule is CN1C(=O)c2ccccc2C1=O.[3H]C1CCN(C)CC1.[3H]N1CCN(C)CC1. The van der Waals surface area contributed by atoms with Crippen LogP contribution in [0.25, 0.3) is 0 Å². The summed E-state index contributed by atoms with van der Waals surface area (Å²) in [6, 6.07) is 6.84. The molecule has 3 heterocycles. The predicted octanol–water partition coefficient (Wildman–Crippen LogP) is 1.54. The summed E-state index contributed by atoms with van der Waals surface area (Å²) in [6.07, 6.45) is 2.36. The minimum atomic E-state index is -0.212. The third kappa shape index (κ3) is 5.90. The van der Waals surface area contributed by atoms with Gasteiger partial charge < -0.3 is 15.1 Å². The molecule has 2 fully saturated rings. The van der Waals surface area contributed by atoms with Crippen LogP contribution in [0.3, 0.4) is 0 Å². The van der Waals surface area contributed by atoms with E-state index in [0.717, 1.165) is 57.0 Å². The molecule has 0 aromatic heterocycles. The maximum atomic E-state index is 11.3. The molecule has 4 rings (SSSR count). The first-order valence-corrected chi connectivity index (χ1v) is 9.24. The number of amides is 2. The monoisotopic (exact) mass is 364 g/mol. The number of likely N-dealkylation sites (tertiary alicyclic amines) is 1. The van der Waals surface area contributed by atoms with Gasteiger partial charge in [0.1, 0.15) is 1.41 Å². The summed E-state index contributed by atoms with van der Waals surface area (Å²) in [5.41, 5.74) is 1.01. The minimum absolute atomic E-state index is 0.212. The Morgan fingerprint density at radius 3 is 1.77 bits per heavy atom. The van der Waals surface area contributed by atoms with Crippen molar-refractivity contribution in [3.8, 4) is 0 Å². The van der Waals surface area contributed by atoms with Crippen molar-refractivity contribution in [1.29, 1.82) is 0 Å². The van der Waals surface area contributed by atoms with Crippen molar-refractivity contribution < 1.29 is 12.4 Å². The van der Waals surface area contributed by atoms with Gasteiger partial charge in [-0.2, -0.15) is 0 Å². The van der Waals surface area contributed by atoms with Crippen LogP contribution in [0.5, 0.6) is 0 Å². The summed E-state index contributed by atoms with van der Waals surface area (Å²) in [4.78, 5) is 28.3. The predicted molar refractivity (Wildman–Crippen MR) is 105 cm³/mol. The van der Waals surface area contributed by atoms with Gasteiger partial charge in [0.15, 0.2) is 0 Å². The van der Waals surface area contributed by atoms with E-state index in [1.54, 1.807) is 29.6 Å². The number of piperazine rings is 1. The molecule has 0 unspecified atom stereocenters. The van der Waals surface area contributed by atoms with Crippen molar-refractivity contribution >= 4 is 11.8 Å². The van der Waals surface area contributed by atoms with Gasteiger partial charge in [0.2, 0.25) is 0 Å². The van der Waals surface area contributed by atoms with Gasteiger partial charge in [-0.15, -0.1) is 0 Å². The van der Waals surface area contributed by atoms with Crippen LogP contribution in [0.1, 0.15) is 41.3 Å². The fourth-order valence-corrected chi connectivity index (χ4v) is 2.90. The molecule has 2 saturated heterocycles. The average Bonchev–Trinajstić information content (AvgIpc) is 2.92. The number of hydrogen-bond donors (Lipinski definition) is 1. The van der Waals surface area contributed by atoms with Gasteiger partial charge in [0.05, 0.1) is 11.1 Å². The number of carbonyl (C=O) groups is 2. The molecule has 0 saturated carbocycles. The summed E-state index contributed by atoms with van der Waals surface area (Å²) in [5, 5.41) is 1.61. The van der Waals surface area contributed by atoms with E-state index in [0.29, 0.717) is 11.1 Å². The van der Waals surface area contributed by atoms with E-state index in [-0.39, 0.29) is 18.2 Å². The molecule has 1 N–H and O–H groups in total. The van der Waals surface area contributed by atoms with Crippen LogP contribution in [0.4, 0.5) is 0 Å². The van der Waals surface area contributed by atoms with Gasteiger partial charge in [0.25, 0.3) is 11.8 Å². The van der Waals surface area contributed by atoms with Gasteiger partial charge in [-0.05, 0) is 52.2 Å². The van der Waals surface area contributed by atoms with E-state index in [2.05, 4.69) is 23.9 Å². The number of fused-ring (bicyclic) bond motifs is 1. The van der Waals surface area contributed by atoms with Gasteiger partial charge in [-0.1, -0.05) is 18.5 Å². The summed E-state index contributed by atoms with van der Waals surface area (Å²) >= 11 is 0. The first-order valence-electron chi connectivity index (χ1n) is 10.3. The van der Waals surface area contributed by atoms with Crippen molar-refractivity contribution in [1.82, 2.24) is 20.0 Å². The zero-order valence-corrected chi connectivity index (χ0v) is 16.1.